The molecular weight excluding hydrogens is 369 g/mol. The highest BCUT2D eigenvalue weighted by atomic mass is 32.2. The summed E-state index contributed by atoms with van der Waals surface area (Å²) in [6, 6.07) is 12.2. The van der Waals surface area contributed by atoms with Crippen molar-refractivity contribution in [3.05, 3.63) is 59.4 Å². The molecular formula is C19H18FN3O3S. The molecule has 1 aliphatic rings. The molecule has 0 saturated carbocycles. The van der Waals surface area contributed by atoms with Crippen LogP contribution in [0.4, 0.5) is 10.1 Å². The number of nitrogens with zero attached hydrogens (tertiary/aromatic N) is 3. The number of anilines is 1. The molecule has 3 rings (SSSR count). The van der Waals surface area contributed by atoms with Gasteiger partial charge < -0.3 is 4.90 Å². The van der Waals surface area contributed by atoms with Crippen LogP contribution in [0.2, 0.25) is 0 Å². The number of carbonyl (C=O) groups is 1. The summed E-state index contributed by atoms with van der Waals surface area (Å²) in [5, 5.41) is 9.18. The van der Waals surface area contributed by atoms with Crippen LogP contribution in [0.1, 0.15) is 22.8 Å². The lowest BCUT2D eigenvalue weighted by atomic mass is 10.1. The second-order valence-corrected chi connectivity index (χ2v) is 8.16. The molecule has 27 heavy (non-hydrogen) atoms. The number of rotatable bonds is 4. The molecule has 0 atom stereocenters. The lowest BCUT2D eigenvalue weighted by molar-refractivity contribution is 0.101. The number of hydrogen-bond acceptors (Lipinski definition) is 5. The molecule has 0 bridgehead atoms. The number of benzene rings is 2. The minimum absolute atomic E-state index is 0.0389. The van der Waals surface area contributed by atoms with E-state index in [-0.39, 0.29) is 29.3 Å². The smallest absolute Gasteiger partial charge is 0.243 e. The Kier molecular flexibility index (Phi) is 5.26. The Hall–Kier alpha value is -2.76. The summed E-state index contributed by atoms with van der Waals surface area (Å²) in [4.78, 5) is 13.4. The molecule has 0 radical (unpaired) electrons. The monoisotopic (exact) mass is 387 g/mol. The van der Waals surface area contributed by atoms with Gasteiger partial charge in [0, 0.05) is 31.7 Å². The first-order valence-corrected chi connectivity index (χ1v) is 9.83. The van der Waals surface area contributed by atoms with Gasteiger partial charge in [-0.15, -0.1) is 0 Å². The first kappa shape index (κ1) is 19.0. The molecule has 2 aromatic rings. The van der Waals surface area contributed by atoms with Crippen molar-refractivity contribution in [1.82, 2.24) is 4.31 Å². The predicted molar refractivity (Wildman–Crippen MR) is 98.5 cm³/mol. The SMILES string of the molecule is CC(=O)c1cccc(S(=O)(=O)N2CCN(c3cccc(F)c3C#N)CC2)c1. The van der Waals surface area contributed by atoms with Gasteiger partial charge >= 0.3 is 0 Å². The number of nitriles is 1. The van der Waals surface area contributed by atoms with Crippen molar-refractivity contribution in [3.8, 4) is 6.07 Å². The van der Waals surface area contributed by atoms with Crippen molar-refractivity contribution < 1.29 is 17.6 Å². The van der Waals surface area contributed by atoms with Gasteiger partial charge in [0.25, 0.3) is 0 Å². The Bertz CT molecular complexity index is 1020. The normalized spacial score (nSPS) is 15.4. The lowest BCUT2D eigenvalue weighted by Gasteiger charge is -2.35. The van der Waals surface area contributed by atoms with Crippen LogP contribution in [0, 0.1) is 17.1 Å². The fraction of sp³-hybridized carbons (Fsp3) is 0.263. The highest BCUT2D eigenvalue weighted by Crippen LogP contribution is 2.25. The summed E-state index contributed by atoms with van der Waals surface area (Å²) >= 11 is 0. The fourth-order valence-electron chi connectivity index (χ4n) is 3.08. The van der Waals surface area contributed by atoms with Crippen LogP contribution in [0.25, 0.3) is 0 Å². The van der Waals surface area contributed by atoms with E-state index in [0.717, 1.165) is 0 Å². The fourth-order valence-corrected chi connectivity index (χ4v) is 4.55. The molecule has 1 fully saturated rings. The van der Waals surface area contributed by atoms with E-state index < -0.39 is 15.8 Å². The highest BCUT2D eigenvalue weighted by molar-refractivity contribution is 7.89. The minimum Gasteiger partial charge on any atom is -0.368 e. The second kappa shape index (κ2) is 7.47. The molecule has 8 heteroatoms. The zero-order valence-electron chi connectivity index (χ0n) is 14.7. The molecule has 2 aromatic carbocycles. The van der Waals surface area contributed by atoms with Crippen LogP contribution in [0.15, 0.2) is 47.4 Å². The van der Waals surface area contributed by atoms with Crippen molar-refractivity contribution in [3.63, 3.8) is 0 Å². The van der Waals surface area contributed by atoms with Crippen molar-refractivity contribution in [2.24, 2.45) is 0 Å². The number of carbonyl (C=O) groups excluding carboxylic acids is 1. The van der Waals surface area contributed by atoms with Gasteiger partial charge in [0.05, 0.1) is 10.6 Å². The van der Waals surface area contributed by atoms with Crippen molar-refractivity contribution in [2.75, 3.05) is 31.1 Å². The second-order valence-electron chi connectivity index (χ2n) is 6.22. The number of halogens is 1. The van der Waals surface area contributed by atoms with Crippen LogP contribution < -0.4 is 4.90 Å². The number of ketones is 1. The van der Waals surface area contributed by atoms with E-state index in [0.29, 0.717) is 24.3 Å². The van der Waals surface area contributed by atoms with Crippen LogP contribution in [0.5, 0.6) is 0 Å². The van der Waals surface area contributed by atoms with Gasteiger partial charge in [0.1, 0.15) is 17.4 Å². The summed E-state index contributed by atoms with van der Waals surface area (Å²) in [7, 11) is -3.73. The number of piperazine rings is 1. The summed E-state index contributed by atoms with van der Waals surface area (Å²) in [6.07, 6.45) is 0. The van der Waals surface area contributed by atoms with E-state index in [2.05, 4.69) is 0 Å². The molecule has 1 aliphatic heterocycles. The number of hydrogen-bond donors (Lipinski definition) is 0. The molecule has 0 aromatic heterocycles. The summed E-state index contributed by atoms with van der Waals surface area (Å²) in [5.74, 6) is -0.793. The third-order valence-electron chi connectivity index (χ3n) is 4.56. The van der Waals surface area contributed by atoms with Crippen LogP contribution >= 0.6 is 0 Å². The lowest BCUT2D eigenvalue weighted by Crippen LogP contribution is -2.48. The minimum atomic E-state index is -3.73. The average molecular weight is 387 g/mol. The van der Waals surface area contributed by atoms with E-state index in [1.54, 1.807) is 23.1 Å². The van der Waals surface area contributed by atoms with Gasteiger partial charge in [-0.1, -0.05) is 18.2 Å². The molecule has 0 amide bonds. The van der Waals surface area contributed by atoms with Gasteiger partial charge in [-0.2, -0.15) is 9.57 Å². The Labute approximate surface area is 157 Å². The van der Waals surface area contributed by atoms with Gasteiger partial charge in [-0.3, -0.25) is 4.79 Å². The van der Waals surface area contributed by atoms with E-state index in [4.69, 9.17) is 0 Å². The maximum Gasteiger partial charge on any atom is 0.243 e. The van der Waals surface area contributed by atoms with Crippen molar-refractivity contribution in [2.45, 2.75) is 11.8 Å². The van der Waals surface area contributed by atoms with E-state index in [1.165, 1.54) is 35.5 Å². The van der Waals surface area contributed by atoms with Gasteiger partial charge in [0.15, 0.2) is 5.78 Å². The zero-order chi connectivity index (χ0) is 19.6. The number of sulfonamides is 1. The molecule has 1 saturated heterocycles. The molecule has 0 aliphatic carbocycles. The summed E-state index contributed by atoms with van der Waals surface area (Å²) in [6.45, 7) is 2.46. The maximum absolute atomic E-state index is 13.8. The molecule has 0 unspecified atom stereocenters. The molecule has 6 nitrogen and oxygen atoms in total. The standard InChI is InChI=1S/C19H18FN3O3S/c1-14(24)15-4-2-5-16(12-15)27(25,26)23-10-8-22(9-11-23)19-7-3-6-18(20)17(19)13-21/h2-7,12H,8-11H2,1H3. The maximum atomic E-state index is 13.8. The Morgan fingerprint density at radius 1 is 1.11 bits per heavy atom. The predicted octanol–water partition coefficient (Wildman–Crippen LogP) is 2.41. The molecule has 1 heterocycles. The average Bonchev–Trinajstić information content (AvgIpc) is 2.68. The van der Waals surface area contributed by atoms with Crippen molar-refractivity contribution >= 4 is 21.5 Å². The highest BCUT2D eigenvalue weighted by Gasteiger charge is 2.29. The van der Waals surface area contributed by atoms with Crippen LogP contribution in [-0.4, -0.2) is 44.7 Å². The van der Waals surface area contributed by atoms with Crippen molar-refractivity contribution in [1.29, 1.82) is 5.26 Å². The topological polar surface area (TPSA) is 81.5 Å². The molecule has 140 valence electrons. The van der Waals surface area contributed by atoms with Crippen LogP contribution in [-0.2, 0) is 10.0 Å². The van der Waals surface area contributed by atoms with E-state index in [9.17, 15) is 22.9 Å². The van der Waals surface area contributed by atoms with Gasteiger partial charge in [0.2, 0.25) is 10.0 Å². The summed E-state index contributed by atoms with van der Waals surface area (Å²) < 4.78 is 40.9. The van der Waals surface area contributed by atoms with Crippen LogP contribution in [0.3, 0.4) is 0 Å². The first-order valence-electron chi connectivity index (χ1n) is 8.39. The van der Waals surface area contributed by atoms with E-state index >= 15 is 0 Å². The number of Topliss-reactive ketones (excluding diaryl/α,β-unsaturated/α-hetero) is 1. The van der Waals surface area contributed by atoms with E-state index in [1.807, 2.05) is 6.07 Å². The van der Waals surface area contributed by atoms with Gasteiger partial charge in [-0.25, -0.2) is 12.8 Å². The quantitative estimate of drug-likeness (QED) is 0.753. The third kappa shape index (κ3) is 3.70. The molecule has 0 N–H and O–H groups in total. The Morgan fingerprint density at radius 2 is 1.78 bits per heavy atom. The third-order valence-corrected chi connectivity index (χ3v) is 6.46. The molecule has 0 spiro atoms. The Morgan fingerprint density at radius 3 is 2.41 bits per heavy atom. The Balaban J connectivity index is 1.80. The largest absolute Gasteiger partial charge is 0.368 e. The zero-order valence-corrected chi connectivity index (χ0v) is 15.5. The first-order chi connectivity index (χ1) is 12.8. The summed E-state index contributed by atoms with van der Waals surface area (Å²) in [5.41, 5.74) is 0.768. The van der Waals surface area contributed by atoms with Gasteiger partial charge in [-0.05, 0) is 31.2 Å².